The van der Waals surface area contributed by atoms with Gasteiger partial charge in [-0.2, -0.15) is 0 Å². The van der Waals surface area contributed by atoms with Gasteiger partial charge in [-0.05, 0) is 36.6 Å². The van der Waals surface area contributed by atoms with Crippen molar-refractivity contribution in [2.75, 3.05) is 6.54 Å². The molecule has 2 aromatic heterocycles. The molecular formula is C25H21N3O2S2. The Morgan fingerprint density at radius 3 is 2.53 bits per heavy atom. The zero-order valence-electron chi connectivity index (χ0n) is 17.3. The van der Waals surface area contributed by atoms with Crippen molar-refractivity contribution in [1.82, 2.24) is 14.9 Å². The number of hydrogen-bond acceptors (Lipinski definition) is 6. The van der Waals surface area contributed by atoms with Crippen molar-refractivity contribution in [1.29, 1.82) is 0 Å². The van der Waals surface area contributed by atoms with Gasteiger partial charge in [0.15, 0.2) is 0 Å². The Balaban J connectivity index is 1.43. The van der Waals surface area contributed by atoms with Crippen molar-refractivity contribution in [2.45, 2.75) is 29.5 Å². The van der Waals surface area contributed by atoms with E-state index in [1.807, 2.05) is 36.4 Å². The number of likely N-dealkylation sites (tertiary alicyclic amines) is 1. The van der Waals surface area contributed by atoms with Crippen LogP contribution in [-0.4, -0.2) is 38.5 Å². The minimum atomic E-state index is -0.344. The number of thioether (sulfide) groups is 1. The van der Waals surface area contributed by atoms with Crippen LogP contribution in [0.2, 0.25) is 0 Å². The molecule has 1 aliphatic heterocycles. The van der Waals surface area contributed by atoms with Gasteiger partial charge >= 0.3 is 0 Å². The highest BCUT2D eigenvalue weighted by atomic mass is 32.2. The molecule has 4 aromatic rings. The molecule has 0 aliphatic carbocycles. The predicted octanol–water partition coefficient (Wildman–Crippen LogP) is 5.67. The van der Waals surface area contributed by atoms with Crippen LogP contribution in [0.3, 0.4) is 0 Å². The first-order chi connectivity index (χ1) is 15.7. The van der Waals surface area contributed by atoms with Gasteiger partial charge in [0.1, 0.15) is 16.2 Å². The first-order valence-electron chi connectivity index (χ1n) is 10.6. The second kappa shape index (κ2) is 9.22. The molecule has 2 amide bonds. The van der Waals surface area contributed by atoms with Crippen LogP contribution in [0.5, 0.6) is 0 Å². The summed E-state index contributed by atoms with van der Waals surface area (Å²) in [5, 5.41) is 1.41. The summed E-state index contributed by atoms with van der Waals surface area (Å²) in [5.41, 5.74) is 1.68. The van der Waals surface area contributed by atoms with Gasteiger partial charge in [0.2, 0.25) is 5.91 Å². The fourth-order valence-corrected chi connectivity index (χ4v) is 6.10. The first-order valence-corrected chi connectivity index (χ1v) is 12.3. The Hall–Kier alpha value is -3.03. The number of carbonyl (C=O) groups is 2. The monoisotopic (exact) mass is 459 g/mol. The summed E-state index contributed by atoms with van der Waals surface area (Å²) in [6.07, 6.45) is 4.00. The molecule has 0 N–H and O–H groups in total. The van der Waals surface area contributed by atoms with E-state index in [9.17, 15) is 9.59 Å². The second-order valence-electron chi connectivity index (χ2n) is 7.64. The lowest BCUT2D eigenvalue weighted by Gasteiger charge is -2.22. The molecule has 0 radical (unpaired) electrons. The second-order valence-corrected chi connectivity index (χ2v) is 9.86. The van der Waals surface area contributed by atoms with Crippen molar-refractivity contribution in [2.24, 2.45) is 0 Å². The highest BCUT2D eigenvalue weighted by molar-refractivity contribution is 8.00. The number of hydrogen-bond donors (Lipinski definition) is 0. The van der Waals surface area contributed by atoms with E-state index < -0.39 is 0 Å². The summed E-state index contributed by atoms with van der Waals surface area (Å²) in [7, 11) is 0. The van der Waals surface area contributed by atoms with E-state index in [2.05, 4.69) is 28.2 Å². The zero-order chi connectivity index (χ0) is 21.9. The van der Waals surface area contributed by atoms with Gasteiger partial charge in [0.05, 0.1) is 5.25 Å². The van der Waals surface area contributed by atoms with Gasteiger partial charge in [0, 0.05) is 22.4 Å². The lowest BCUT2D eigenvalue weighted by atomic mass is 10.2. The molecule has 1 atom stereocenters. The van der Waals surface area contributed by atoms with Gasteiger partial charge in [-0.3, -0.25) is 14.5 Å². The molecule has 0 spiro atoms. The quantitative estimate of drug-likeness (QED) is 0.291. The number of aromatic nitrogens is 2. The van der Waals surface area contributed by atoms with Crippen LogP contribution in [0.4, 0.5) is 0 Å². The molecule has 5 nitrogen and oxygen atoms in total. The summed E-state index contributed by atoms with van der Waals surface area (Å²) >= 11 is 3.07. The zero-order valence-corrected chi connectivity index (χ0v) is 18.9. The lowest BCUT2D eigenvalue weighted by molar-refractivity contribution is -0.127. The standard InChI is InChI=1S/C25H21N3O2S2/c29-24(18-11-5-2-6-12-18)28-14-8-7-13-20(25(28)30)31-22-19-15-21(17-9-3-1-4-10-17)32-23(19)27-16-26-22/h1-6,9-12,15-16,20H,7-8,13-14H2/t20-/m1/s1. The molecular weight excluding hydrogens is 438 g/mol. The van der Waals surface area contributed by atoms with E-state index in [0.29, 0.717) is 12.1 Å². The number of nitrogens with zero attached hydrogens (tertiary/aromatic N) is 3. The van der Waals surface area contributed by atoms with Crippen molar-refractivity contribution in [3.8, 4) is 10.4 Å². The molecule has 2 aromatic carbocycles. The van der Waals surface area contributed by atoms with E-state index in [1.54, 1.807) is 29.8 Å². The van der Waals surface area contributed by atoms with Crippen molar-refractivity contribution >= 4 is 45.1 Å². The van der Waals surface area contributed by atoms with Crippen molar-refractivity contribution in [3.05, 3.63) is 78.6 Å². The van der Waals surface area contributed by atoms with Crippen LogP contribution >= 0.6 is 23.1 Å². The third-order valence-electron chi connectivity index (χ3n) is 5.51. The molecule has 1 saturated heterocycles. The molecule has 0 saturated carbocycles. The SMILES string of the molecule is O=C(c1ccccc1)N1CCCC[C@@H](Sc2ncnc3sc(-c4ccccc4)cc23)C1=O. The molecule has 1 aliphatic rings. The number of benzene rings is 2. The topological polar surface area (TPSA) is 63.2 Å². The molecule has 7 heteroatoms. The maximum Gasteiger partial charge on any atom is 0.260 e. The van der Waals surface area contributed by atoms with Crippen LogP contribution < -0.4 is 0 Å². The normalized spacial score (nSPS) is 16.8. The number of thiophene rings is 1. The van der Waals surface area contributed by atoms with E-state index in [0.717, 1.165) is 44.9 Å². The maximum absolute atomic E-state index is 13.4. The summed E-state index contributed by atoms with van der Waals surface area (Å²) < 4.78 is 0. The Bertz CT molecular complexity index is 1260. The van der Waals surface area contributed by atoms with E-state index in [1.165, 1.54) is 16.7 Å². The summed E-state index contributed by atoms with van der Waals surface area (Å²) in [5.74, 6) is -0.357. The van der Waals surface area contributed by atoms with Crippen LogP contribution in [0, 0.1) is 0 Å². The molecule has 32 heavy (non-hydrogen) atoms. The summed E-state index contributed by atoms with van der Waals surface area (Å²) in [6.45, 7) is 0.458. The third-order valence-corrected chi connectivity index (χ3v) is 7.87. The first kappa shape index (κ1) is 20.8. The van der Waals surface area contributed by atoms with E-state index in [-0.39, 0.29) is 17.1 Å². The molecule has 0 bridgehead atoms. The lowest BCUT2D eigenvalue weighted by Crippen LogP contribution is -2.41. The minimum Gasteiger partial charge on any atom is -0.278 e. The van der Waals surface area contributed by atoms with Gasteiger partial charge in [-0.1, -0.05) is 66.7 Å². The van der Waals surface area contributed by atoms with Gasteiger partial charge < -0.3 is 0 Å². The largest absolute Gasteiger partial charge is 0.278 e. The van der Waals surface area contributed by atoms with Crippen LogP contribution in [-0.2, 0) is 4.79 Å². The number of imide groups is 1. The Morgan fingerprint density at radius 1 is 1.00 bits per heavy atom. The summed E-state index contributed by atoms with van der Waals surface area (Å²) in [6, 6.07) is 21.3. The summed E-state index contributed by atoms with van der Waals surface area (Å²) in [4.78, 5) is 38.8. The van der Waals surface area contributed by atoms with Crippen LogP contribution in [0.15, 0.2) is 78.1 Å². The number of fused-ring (bicyclic) bond motifs is 1. The molecule has 1 fully saturated rings. The Labute approximate surface area is 194 Å². The minimum absolute atomic E-state index is 0.133. The Morgan fingerprint density at radius 2 is 1.75 bits per heavy atom. The third kappa shape index (κ3) is 4.18. The highest BCUT2D eigenvalue weighted by Gasteiger charge is 2.33. The predicted molar refractivity (Wildman–Crippen MR) is 129 cm³/mol. The molecule has 5 rings (SSSR count). The van der Waals surface area contributed by atoms with Gasteiger partial charge in [-0.15, -0.1) is 11.3 Å². The maximum atomic E-state index is 13.4. The van der Waals surface area contributed by atoms with Crippen molar-refractivity contribution < 1.29 is 9.59 Å². The molecule has 160 valence electrons. The number of carbonyl (C=O) groups excluding carboxylic acids is 2. The Kier molecular flexibility index (Phi) is 6.01. The van der Waals surface area contributed by atoms with Crippen molar-refractivity contribution in [3.63, 3.8) is 0 Å². The fourth-order valence-electron chi connectivity index (χ4n) is 3.86. The average Bonchev–Trinajstić information content (AvgIpc) is 3.21. The van der Waals surface area contributed by atoms with Gasteiger partial charge in [0.25, 0.3) is 5.91 Å². The molecule has 3 heterocycles. The molecule has 0 unspecified atom stereocenters. The van der Waals surface area contributed by atoms with E-state index >= 15 is 0 Å². The number of amides is 2. The van der Waals surface area contributed by atoms with Gasteiger partial charge in [-0.25, -0.2) is 9.97 Å². The highest BCUT2D eigenvalue weighted by Crippen LogP contribution is 2.38. The number of rotatable bonds is 4. The van der Waals surface area contributed by atoms with Crippen LogP contribution in [0.25, 0.3) is 20.7 Å². The smallest absolute Gasteiger partial charge is 0.260 e. The average molecular weight is 460 g/mol. The van der Waals surface area contributed by atoms with E-state index in [4.69, 9.17) is 0 Å². The fraction of sp³-hybridized carbons (Fsp3) is 0.200. The van der Waals surface area contributed by atoms with Crippen LogP contribution in [0.1, 0.15) is 29.6 Å².